The van der Waals surface area contributed by atoms with Crippen molar-refractivity contribution in [1.29, 1.82) is 0 Å². The van der Waals surface area contributed by atoms with Gasteiger partial charge in [-0.05, 0) is 18.6 Å². The molecule has 2 aromatic carbocycles. The lowest BCUT2D eigenvalue weighted by Crippen LogP contribution is -2.30. The van der Waals surface area contributed by atoms with Crippen LogP contribution in [0.3, 0.4) is 0 Å². The summed E-state index contributed by atoms with van der Waals surface area (Å²) in [5.74, 6) is 3.45. The number of rotatable bonds is 3. The standard InChI is InChI=1S/C14H13F3N2/c1-8-3-2-4-11(13(8)17)14(19-18)10-6-5-9(15)7-12(10)16/h2-7,14,19H,18H2,1H3. The van der Waals surface area contributed by atoms with E-state index >= 15 is 0 Å². The van der Waals surface area contributed by atoms with Crippen LogP contribution in [0.5, 0.6) is 0 Å². The molecule has 0 amide bonds. The van der Waals surface area contributed by atoms with Gasteiger partial charge in [-0.15, -0.1) is 0 Å². The van der Waals surface area contributed by atoms with Gasteiger partial charge in [-0.1, -0.05) is 24.3 Å². The Morgan fingerprint density at radius 2 is 1.79 bits per heavy atom. The lowest BCUT2D eigenvalue weighted by atomic mass is 9.96. The van der Waals surface area contributed by atoms with Crippen molar-refractivity contribution in [2.45, 2.75) is 13.0 Å². The third-order valence-electron chi connectivity index (χ3n) is 2.97. The van der Waals surface area contributed by atoms with Gasteiger partial charge in [-0.2, -0.15) is 0 Å². The van der Waals surface area contributed by atoms with Crippen LogP contribution in [0.25, 0.3) is 0 Å². The molecule has 0 saturated carbocycles. The molecule has 0 bridgehead atoms. The summed E-state index contributed by atoms with van der Waals surface area (Å²) in [7, 11) is 0. The molecule has 0 radical (unpaired) electrons. The van der Waals surface area contributed by atoms with Gasteiger partial charge in [0.15, 0.2) is 0 Å². The fraction of sp³-hybridized carbons (Fsp3) is 0.143. The number of hydrogen-bond donors (Lipinski definition) is 2. The van der Waals surface area contributed by atoms with Crippen LogP contribution < -0.4 is 11.3 Å². The van der Waals surface area contributed by atoms with Gasteiger partial charge in [0.1, 0.15) is 17.5 Å². The quantitative estimate of drug-likeness (QED) is 0.662. The molecule has 1 unspecified atom stereocenters. The Morgan fingerprint density at radius 3 is 2.42 bits per heavy atom. The highest BCUT2D eigenvalue weighted by molar-refractivity contribution is 5.36. The topological polar surface area (TPSA) is 38.0 Å². The number of nitrogens with two attached hydrogens (primary N) is 1. The second-order valence-corrected chi connectivity index (χ2v) is 4.24. The second kappa shape index (κ2) is 5.42. The molecule has 19 heavy (non-hydrogen) atoms. The fourth-order valence-corrected chi connectivity index (χ4v) is 1.98. The monoisotopic (exact) mass is 266 g/mol. The van der Waals surface area contributed by atoms with E-state index in [2.05, 4.69) is 5.43 Å². The summed E-state index contributed by atoms with van der Waals surface area (Å²) in [5, 5.41) is 0. The Labute approximate surface area is 109 Å². The van der Waals surface area contributed by atoms with E-state index in [1.807, 2.05) is 0 Å². The van der Waals surface area contributed by atoms with Gasteiger partial charge in [0.2, 0.25) is 0 Å². The van der Waals surface area contributed by atoms with Crippen LogP contribution in [0, 0.1) is 24.4 Å². The Morgan fingerprint density at radius 1 is 1.05 bits per heavy atom. The number of benzene rings is 2. The van der Waals surface area contributed by atoms with E-state index in [-0.39, 0.29) is 11.1 Å². The highest BCUT2D eigenvalue weighted by Gasteiger charge is 2.20. The van der Waals surface area contributed by atoms with Gasteiger partial charge in [0.05, 0.1) is 6.04 Å². The maximum Gasteiger partial charge on any atom is 0.131 e. The summed E-state index contributed by atoms with van der Waals surface area (Å²) in [6.07, 6.45) is 0. The first-order chi connectivity index (χ1) is 9.04. The van der Waals surface area contributed by atoms with E-state index in [1.165, 1.54) is 12.1 Å². The maximum absolute atomic E-state index is 14.0. The molecular formula is C14H13F3N2. The summed E-state index contributed by atoms with van der Waals surface area (Å²) in [5.41, 5.74) is 3.10. The highest BCUT2D eigenvalue weighted by atomic mass is 19.1. The average molecular weight is 266 g/mol. The van der Waals surface area contributed by atoms with E-state index in [0.717, 1.165) is 12.1 Å². The predicted molar refractivity (Wildman–Crippen MR) is 66.7 cm³/mol. The van der Waals surface area contributed by atoms with Crippen molar-refractivity contribution in [3.63, 3.8) is 0 Å². The normalized spacial score (nSPS) is 12.5. The van der Waals surface area contributed by atoms with Crippen LogP contribution in [0.15, 0.2) is 36.4 Å². The number of nitrogens with one attached hydrogen (secondary N) is 1. The Hall–Kier alpha value is -1.85. The minimum atomic E-state index is -0.875. The van der Waals surface area contributed by atoms with Gasteiger partial charge < -0.3 is 0 Å². The minimum Gasteiger partial charge on any atom is -0.271 e. The molecular weight excluding hydrogens is 253 g/mol. The molecule has 2 rings (SSSR count). The molecule has 0 aliphatic carbocycles. The molecule has 2 aromatic rings. The van der Waals surface area contributed by atoms with Gasteiger partial charge in [0, 0.05) is 17.2 Å². The van der Waals surface area contributed by atoms with Crippen LogP contribution in [0.2, 0.25) is 0 Å². The van der Waals surface area contributed by atoms with E-state index in [4.69, 9.17) is 5.84 Å². The second-order valence-electron chi connectivity index (χ2n) is 4.24. The predicted octanol–water partition coefficient (Wildman–Crippen LogP) is 2.97. The number of hydrogen-bond acceptors (Lipinski definition) is 2. The molecule has 3 N–H and O–H groups in total. The van der Waals surface area contributed by atoms with Crippen molar-refractivity contribution in [3.05, 3.63) is 70.5 Å². The van der Waals surface area contributed by atoms with Crippen molar-refractivity contribution in [1.82, 2.24) is 5.43 Å². The molecule has 100 valence electrons. The van der Waals surface area contributed by atoms with Crippen molar-refractivity contribution >= 4 is 0 Å². The van der Waals surface area contributed by atoms with E-state index in [0.29, 0.717) is 5.56 Å². The molecule has 0 saturated heterocycles. The first kappa shape index (κ1) is 13.6. The Balaban J connectivity index is 2.53. The van der Waals surface area contributed by atoms with E-state index in [9.17, 15) is 13.2 Å². The highest BCUT2D eigenvalue weighted by Crippen LogP contribution is 2.27. The number of halogens is 3. The van der Waals surface area contributed by atoms with Crippen LogP contribution >= 0.6 is 0 Å². The summed E-state index contributed by atoms with van der Waals surface area (Å²) in [6.45, 7) is 1.60. The molecule has 0 fully saturated rings. The van der Waals surface area contributed by atoms with E-state index in [1.54, 1.807) is 19.1 Å². The molecule has 0 spiro atoms. The zero-order chi connectivity index (χ0) is 14.0. The lowest BCUT2D eigenvalue weighted by Gasteiger charge is -2.19. The van der Waals surface area contributed by atoms with Gasteiger partial charge in [-0.3, -0.25) is 5.84 Å². The Bertz CT molecular complexity index is 599. The summed E-state index contributed by atoms with van der Waals surface area (Å²) in [6, 6.07) is 6.99. The van der Waals surface area contributed by atoms with Gasteiger partial charge in [0.25, 0.3) is 0 Å². The lowest BCUT2D eigenvalue weighted by molar-refractivity contribution is 0.520. The molecule has 0 aliphatic rings. The molecule has 2 nitrogen and oxygen atoms in total. The first-order valence-electron chi connectivity index (χ1n) is 5.70. The molecule has 0 aliphatic heterocycles. The van der Waals surface area contributed by atoms with Crippen molar-refractivity contribution in [2.24, 2.45) is 5.84 Å². The molecule has 0 aromatic heterocycles. The third-order valence-corrected chi connectivity index (χ3v) is 2.97. The smallest absolute Gasteiger partial charge is 0.131 e. The summed E-state index contributed by atoms with van der Waals surface area (Å²) in [4.78, 5) is 0. The minimum absolute atomic E-state index is 0.0911. The zero-order valence-electron chi connectivity index (χ0n) is 10.3. The van der Waals surface area contributed by atoms with Crippen LogP contribution in [0.1, 0.15) is 22.7 Å². The van der Waals surface area contributed by atoms with Crippen molar-refractivity contribution < 1.29 is 13.2 Å². The van der Waals surface area contributed by atoms with Gasteiger partial charge >= 0.3 is 0 Å². The maximum atomic E-state index is 14.0. The zero-order valence-corrected chi connectivity index (χ0v) is 10.3. The van der Waals surface area contributed by atoms with Crippen molar-refractivity contribution in [3.8, 4) is 0 Å². The Kier molecular flexibility index (Phi) is 3.87. The fourth-order valence-electron chi connectivity index (χ4n) is 1.98. The third kappa shape index (κ3) is 2.62. The summed E-state index contributed by atoms with van der Waals surface area (Å²) < 4.78 is 40.7. The molecule has 0 heterocycles. The van der Waals surface area contributed by atoms with Gasteiger partial charge in [-0.25, -0.2) is 18.6 Å². The molecule has 5 heteroatoms. The first-order valence-corrected chi connectivity index (χ1v) is 5.70. The molecule has 1 atom stereocenters. The number of aryl methyl sites for hydroxylation is 1. The number of hydrazine groups is 1. The van der Waals surface area contributed by atoms with Crippen LogP contribution in [-0.4, -0.2) is 0 Å². The van der Waals surface area contributed by atoms with E-state index < -0.39 is 23.5 Å². The SMILES string of the molecule is Cc1cccc(C(NN)c2ccc(F)cc2F)c1F. The van der Waals surface area contributed by atoms with Crippen LogP contribution in [0.4, 0.5) is 13.2 Å². The summed E-state index contributed by atoms with van der Waals surface area (Å²) >= 11 is 0. The average Bonchev–Trinajstić information content (AvgIpc) is 2.37. The largest absolute Gasteiger partial charge is 0.271 e. The van der Waals surface area contributed by atoms with Crippen molar-refractivity contribution in [2.75, 3.05) is 0 Å². The van der Waals surface area contributed by atoms with Crippen LogP contribution in [-0.2, 0) is 0 Å².